The van der Waals surface area contributed by atoms with Gasteiger partial charge < -0.3 is 0 Å². The molecule has 1 aliphatic rings. The molecule has 0 bridgehead atoms. The Labute approximate surface area is 135 Å². The number of hydrogen-bond donors (Lipinski definition) is 0. The molecule has 0 aliphatic heterocycles. The molecule has 0 radical (unpaired) electrons. The minimum Gasteiger partial charge on any atom is -0.0903 e. The number of halogens is 6. The standard InChI is InChI=1S/C8H10Br6/c9-3-8(13,14)4-1-6(11)7(12)2-5(4)10/h4-7H,1-3H2. The van der Waals surface area contributed by atoms with E-state index in [0.717, 1.165) is 18.2 Å². The van der Waals surface area contributed by atoms with Gasteiger partial charge in [0, 0.05) is 19.8 Å². The van der Waals surface area contributed by atoms with Crippen molar-refractivity contribution in [3.8, 4) is 0 Å². The molecule has 1 fully saturated rings. The average molecular weight is 586 g/mol. The first-order valence-corrected chi connectivity index (χ1v) is 9.70. The Morgan fingerprint density at radius 1 is 0.929 bits per heavy atom. The SMILES string of the molecule is BrCC(Br)(Br)C1CC(Br)C(Br)CC1Br. The summed E-state index contributed by atoms with van der Waals surface area (Å²) in [5, 5.41) is 0.902. The molecule has 14 heavy (non-hydrogen) atoms. The topological polar surface area (TPSA) is 0 Å². The van der Waals surface area contributed by atoms with E-state index in [-0.39, 0.29) is 3.23 Å². The molecular formula is C8H10Br6. The molecule has 0 amide bonds. The van der Waals surface area contributed by atoms with Gasteiger partial charge in [0.2, 0.25) is 0 Å². The Hall–Kier alpha value is 2.88. The zero-order valence-corrected chi connectivity index (χ0v) is 16.7. The largest absolute Gasteiger partial charge is 0.0940 e. The first kappa shape index (κ1) is 14.9. The van der Waals surface area contributed by atoms with Crippen LogP contribution in [-0.2, 0) is 0 Å². The van der Waals surface area contributed by atoms with E-state index in [0.29, 0.717) is 20.4 Å². The van der Waals surface area contributed by atoms with Gasteiger partial charge in [0.25, 0.3) is 0 Å². The molecule has 0 nitrogen and oxygen atoms in total. The highest BCUT2D eigenvalue weighted by Gasteiger charge is 2.43. The molecule has 4 unspecified atom stereocenters. The fourth-order valence-corrected chi connectivity index (χ4v) is 6.55. The van der Waals surface area contributed by atoms with Crippen LogP contribution in [0.15, 0.2) is 0 Å². The van der Waals surface area contributed by atoms with Gasteiger partial charge in [-0.2, -0.15) is 0 Å². The molecule has 0 aromatic carbocycles. The molecule has 0 spiro atoms. The van der Waals surface area contributed by atoms with Gasteiger partial charge in [-0.25, -0.2) is 0 Å². The maximum atomic E-state index is 3.77. The van der Waals surface area contributed by atoms with Gasteiger partial charge in [0.1, 0.15) is 0 Å². The van der Waals surface area contributed by atoms with Gasteiger partial charge in [0.15, 0.2) is 0 Å². The minimum atomic E-state index is -0.00662. The normalized spacial score (nSPS) is 39.9. The second-order valence-electron chi connectivity index (χ2n) is 3.52. The lowest BCUT2D eigenvalue weighted by Crippen LogP contribution is -2.42. The fourth-order valence-electron chi connectivity index (χ4n) is 1.60. The lowest BCUT2D eigenvalue weighted by Gasteiger charge is -2.40. The zero-order chi connectivity index (χ0) is 10.9. The van der Waals surface area contributed by atoms with Crippen LogP contribution in [0.5, 0.6) is 0 Å². The van der Waals surface area contributed by atoms with E-state index in [9.17, 15) is 0 Å². The highest BCUT2D eigenvalue weighted by atomic mass is 79.9. The third-order valence-corrected chi connectivity index (χ3v) is 10.4. The molecule has 0 heterocycles. The van der Waals surface area contributed by atoms with Crippen molar-refractivity contribution in [3.63, 3.8) is 0 Å². The third-order valence-electron chi connectivity index (χ3n) is 2.48. The molecule has 6 heteroatoms. The predicted octanol–water partition coefficient (Wildman–Crippen LogP) is 5.57. The summed E-state index contributed by atoms with van der Waals surface area (Å²) in [5.41, 5.74) is 0. The summed E-state index contributed by atoms with van der Waals surface area (Å²) in [6.07, 6.45) is 2.29. The van der Waals surface area contributed by atoms with Gasteiger partial charge in [-0.1, -0.05) is 95.6 Å². The van der Waals surface area contributed by atoms with Crippen LogP contribution in [0.4, 0.5) is 0 Å². The van der Waals surface area contributed by atoms with E-state index in [2.05, 4.69) is 95.6 Å². The predicted molar refractivity (Wildman–Crippen MR) is 85.2 cm³/mol. The van der Waals surface area contributed by atoms with Gasteiger partial charge in [-0.15, -0.1) is 0 Å². The number of rotatable bonds is 2. The van der Waals surface area contributed by atoms with Crippen molar-refractivity contribution in [3.05, 3.63) is 0 Å². The highest BCUT2D eigenvalue weighted by molar-refractivity contribution is 9.26. The Morgan fingerprint density at radius 3 is 1.93 bits per heavy atom. The maximum absolute atomic E-state index is 3.77. The first-order chi connectivity index (χ1) is 6.38. The minimum absolute atomic E-state index is 0.00662. The monoisotopic (exact) mass is 580 g/mol. The number of hydrogen-bond acceptors (Lipinski definition) is 0. The second kappa shape index (κ2) is 6.17. The van der Waals surface area contributed by atoms with Gasteiger partial charge in [-0.05, 0) is 18.8 Å². The second-order valence-corrected chi connectivity index (χ2v) is 11.5. The van der Waals surface area contributed by atoms with Crippen LogP contribution in [0.25, 0.3) is 0 Å². The van der Waals surface area contributed by atoms with E-state index in [1.165, 1.54) is 0 Å². The molecule has 0 aromatic heterocycles. The molecule has 4 atom stereocenters. The van der Waals surface area contributed by atoms with E-state index in [4.69, 9.17) is 0 Å². The highest BCUT2D eigenvalue weighted by Crippen LogP contribution is 2.49. The quantitative estimate of drug-likeness (QED) is 0.372. The summed E-state index contributed by atoms with van der Waals surface area (Å²) >= 11 is 22.2. The smallest absolute Gasteiger partial charge is 0.0903 e. The summed E-state index contributed by atoms with van der Waals surface area (Å²) in [6, 6.07) is 0. The lowest BCUT2D eigenvalue weighted by atomic mass is 9.87. The van der Waals surface area contributed by atoms with Crippen molar-refractivity contribution in [1.82, 2.24) is 0 Å². The van der Waals surface area contributed by atoms with Gasteiger partial charge in [0.05, 0.1) is 3.23 Å². The van der Waals surface area contributed by atoms with Crippen LogP contribution in [0, 0.1) is 5.92 Å². The van der Waals surface area contributed by atoms with Crippen molar-refractivity contribution in [1.29, 1.82) is 0 Å². The molecule has 1 aliphatic carbocycles. The van der Waals surface area contributed by atoms with Crippen molar-refractivity contribution in [2.24, 2.45) is 5.92 Å². The Kier molecular flexibility index (Phi) is 6.58. The van der Waals surface area contributed by atoms with Crippen molar-refractivity contribution >= 4 is 95.6 Å². The summed E-state index contributed by atoms with van der Waals surface area (Å²) < 4.78 is -0.00662. The van der Waals surface area contributed by atoms with Gasteiger partial charge in [-0.3, -0.25) is 0 Å². The summed E-state index contributed by atoms with van der Waals surface area (Å²) in [6.45, 7) is 0. The van der Waals surface area contributed by atoms with Crippen molar-refractivity contribution < 1.29 is 0 Å². The van der Waals surface area contributed by atoms with E-state index in [1.807, 2.05) is 0 Å². The van der Waals surface area contributed by atoms with E-state index in [1.54, 1.807) is 0 Å². The third kappa shape index (κ3) is 3.69. The van der Waals surface area contributed by atoms with Crippen LogP contribution >= 0.6 is 95.6 Å². The molecule has 1 saturated carbocycles. The van der Waals surface area contributed by atoms with E-state index >= 15 is 0 Å². The fraction of sp³-hybridized carbons (Fsp3) is 1.00. The molecule has 84 valence electrons. The zero-order valence-electron chi connectivity index (χ0n) is 7.20. The number of alkyl halides is 6. The van der Waals surface area contributed by atoms with Crippen LogP contribution in [-0.4, -0.2) is 23.0 Å². The van der Waals surface area contributed by atoms with E-state index < -0.39 is 0 Å². The molecule has 1 rings (SSSR count). The van der Waals surface area contributed by atoms with Crippen LogP contribution < -0.4 is 0 Å². The van der Waals surface area contributed by atoms with Crippen molar-refractivity contribution in [2.45, 2.75) is 30.6 Å². The summed E-state index contributed by atoms with van der Waals surface area (Å²) in [7, 11) is 0. The summed E-state index contributed by atoms with van der Waals surface area (Å²) in [4.78, 5) is 1.65. The lowest BCUT2D eigenvalue weighted by molar-refractivity contribution is 0.389. The van der Waals surface area contributed by atoms with Crippen LogP contribution in [0.3, 0.4) is 0 Å². The molecule has 0 N–H and O–H groups in total. The van der Waals surface area contributed by atoms with Crippen LogP contribution in [0.1, 0.15) is 12.8 Å². The molecule has 0 aromatic rings. The summed E-state index contributed by atoms with van der Waals surface area (Å²) in [5.74, 6) is 0.569. The maximum Gasteiger partial charge on any atom is 0.0940 e. The molecule has 0 saturated heterocycles. The first-order valence-electron chi connectivity index (χ1n) is 4.24. The molecular weight excluding hydrogens is 576 g/mol. The Balaban J connectivity index is 2.70. The van der Waals surface area contributed by atoms with Crippen LogP contribution in [0.2, 0.25) is 0 Å². The Bertz CT molecular complexity index is 194. The van der Waals surface area contributed by atoms with Crippen molar-refractivity contribution in [2.75, 3.05) is 5.33 Å². The van der Waals surface area contributed by atoms with Gasteiger partial charge >= 0.3 is 0 Å². The average Bonchev–Trinajstić information content (AvgIpc) is 2.11. The Morgan fingerprint density at radius 2 is 1.43 bits per heavy atom.